The van der Waals surface area contributed by atoms with E-state index >= 15 is 0 Å². The van der Waals surface area contributed by atoms with Gasteiger partial charge in [0.2, 0.25) is 0 Å². The van der Waals surface area contributed by atoms with Crippen LogP contribution in [0.25, 0.3) is 5.57 Å². The third-order valence-corrected chi connectivity index (χ3v) is 5.25. The predicted octanol–water partition coefficient (Wildman–Crippen LogP) is 4.58. The van der Waals surface area contributed by atoms with E-state index in [-0.39, 0.29) is 11.7 Å². The Bertz CT molecular complexity index is 1030. The average Bonchev–Trinajstić information content (AvgIpc) is 2.90. The van der Waals surface area contributed by atoms with Gasteiger partial charge < -0.3 is 0 Å². The number of halogens is 1. The van der Waals surface area contributed by atoms with Gasteiger partial charge in [0.05, 0.1) is 11.4 Å². The van der Waals surface area contributed by atoms with Gasteiger partial charge in [-0.1, -0.05) is 47.5 Å². The third-order valence-electron chi connectivity index (χ3n) is 4.99. The van der Waals surface area contributed by atoms with Crippen molar-refractivity contribution in [2.24, 2.45) is 10.5 Å². The maximum atomic E-state index is 13.5. The molecule has 0 radical (unpaired) electrons. The number of nitrogens with zero attached hydrogens (tertiary/aromatic N) is 2. The van der Waals surface area contributed by atoms with E-state index in [1.165, 1.54) is 17.2 Å². The number of hydrogen-bond acceptors (Lipinski definition) is 3. The Kier molecular flexibility index (Phi) is 4.08. The highest BCUT2D eigenvalue weighted by atomic mass is 35.5. The molecule has 0 fully saturated rings. The molecule has 1 aliphatic carbocycles. The molecular weight excluding hydrogens is 360 g/mol. The molecule has 0 saturated heterocycles. The Balaban J connectivity index is 1.83. The fourth-order valence-electron chi connectivity index (χ4n) is 3.50. The molecule has 134 valence electrons. The number of ketones is 1. The van der Waals surface area contributed by atoms with E-state index in [2.05, 4.69) is 5.10 Å². The lowest BCUT2D eigenvalue weighted by Crippen LogP contribution is -2.40. The van der Waals surface area contributed by atoms with Crippen LogP contribution in [0.5, 0.6) is 0 Å². The van der Waals surface area contributed by atoms with Crippen molar-refractivity contribution in [1.82, 2.24) is 0 Å². The number of anilines is 1. The summed E-state index contributed by atoms with van der Waals surface area (Å²) in [5.74, 6) is -0.348. The van der Waals surface area contributed by atoms with Crippen molar-refractivity contribution in [3.8, 4) is 0 Å². The zero-order valence-electron chi connectivity index (χ0n) is 14.9. The number of hydrazone groups is 1. The maximum Gasteiger partial charge on any atom is 0.267 e. The van der Waals surface area contributed by atoms with Crippen LogP contribution in [-0.2, 0) is 9.59 Å². The molecule has 4 nitrogen and oxygen atoms in total. The lowest BCUT2D eigenvalue weighted by molar-refractivity contribution is -0.120. The molecule has 2 aliphatic rings. The number of amides is 1. The van der Waals surface area contributed by atoms with Gasteiger partial charge in [0.25, 0.3) is 5.91 Å². The maximum absolute atomic E-state index is 13.5. The first-order valence-electron chi connectivity index (χ1n) is 8.60. The van der Waals surface area contributed by atoms with Gasteiger partial charge in [0.15, 0.2) is 5.78 Å². The second-order valence-electron chi connectivity index (χ2n) is 6.75. The molecule has 0 bridgehead atoms. The zero-order chi connectivity index (χ0) is 19.2. The summed E-state index contributed by atoms with van der Waals surface area (Å²) >= 11 is 5.96. The number of allylic oxidation sites excluding steroid dienone is 2. The number of carbonyl (C=O) groups excluding carboxylic acids is 2. The first-order chi connectivity index (χ1) is 12.9. The van der Waals surface area contributed by atoms with Gasteiger partial charge in [-0.25, -0.2) is 0 Å². The number of hydrogen-bond donors (Lipinski definition) is 0. The summed E-state index contributed by atoms with van der Waals surface area (Å²) in [5, 5.41) is 6.49. The highest BCUT2D eigenvalue weighted by Crippen LogP contribution is 2.46. The first-order valence-corrected chi connectivity index (χ1v) is 8.98. The zero-order valence-corrected chi connectivity index (χ0v) is 15.7. The molecule has 0 N–H and O–H groups in total. The minimum absolute atomic E-state index is 0.137. The SMILES string of the molecule is CC1=NN(c2ccc(Cl)cc2)C(=O)C12C=CC(=O)C=C2c1ccc(C)cc1. The predicted molar refractivity (Wildman–Crippen MR) is 108 cm³/mol. The van der Waals surface area contributed by atoms with Crippen LogP contribution in [0.15, 0.2) is 71.9 Å². The van der Waals surface area contributed by atoms with Crippen molar-refractivity contribution < 1.29 is 9.59 Å². The molecule has 2 aromatic rings. The number of benzene rings is 2. The summed E-state index contributed by atoms with van der Waals surface area (Å²) in [7, 11) is 0. The smallest absolute Gasteiger partial charge is 0.267 e. The molecule has 5 heteroatoms. The Morgan fingerprint density at radius 2 is 1.63 bits per heavy atom. The van der Waals surface area contributed by atoms with Gasteiger partial charge in [-0.2, -0.15) is 10.1 Å². The lowest BCUT2D eigenvalue weighted by atomic mass is 9.70. The normalized spacial score (nSPS) is 21.7. The highest BCUT2D eigenvalue weighted by molar-refractivity contribution is 6.31. The Morgan fingerprint density at radius 3 is 2.30 bits per heavy atom. The van der Waals surface area contributed by atoms with Crippen molar-refractivity contribution in [3.05, 3.63) is 82.9 Å². The molecule has 1 spiro atoms. The summed E-state index contributed by atoms with van der Waals surface area (Å²) in [6, 6.07) is 14.7. The molecule has 1 unspecified atom stereocenters. The summed E-state index contributed by atoms with van der Waals surface area (Å²) in [5.41, 5.74) is 2.77. The molecule has 1 heterocycles. The van der Waals surface area contributed by atoms with Crippen LogP contribution >= 0.6 is 11.6 Å². The van der Waals surface area contributed by atoms with E-state index in [0.717, 1.165) is 11.1 Å². The quantitative estimate of drug-likeness (QED) is 0.770. The summed E-state index contributed by atoms with van der Waals surface area (Å²) in [6.07, 6.45) is 4.65. The minimum atomic E-state index is -1.08. The van der Waals surface area contributed by atoms with Crippen molar-refractivity contribution in [3.63, 3.8) is 0 Å². The van der Waals surface area contributed by atoms with Crippen molar-refractivity contribution in [2.45, 2.75) is 13.8 Å². The van der Waals surface area contributed by atoms with Gasteiger partial charge in [-0.15, -0.1) is 0 Å². The van der Waals surface area contributed by atoms with Crippen molar-refractivity contribution >= 4 is 40.3 Å². The average molecular weight is 377 g/mol. The second kappa shape index (κ2) is 6.32. The highest BCUT2D eigenvalue weighted by Gasteiger charge is 2.52. The molecule has 1 amide bonds. The van der Waals surface area contributed by atoms with Crippen LogP contribution in [-0.4, -0.2) is 17.4 Å². The van der Waals surface area contributed by atoms with Gasteiger partial charge in [-0.05, 0) is 61.4 Å². The monoisotopic (exact) mass is 376 g/mol. The Labute approximate surface area is 162 Å². The van der Waals surface area contributed by atoms with E-state index < -0.39 is 5.41 Å². The van der Waals surface area contributed by atoms with E-state index in [1.807, 2.05) is 38.1 Å². The fraction of sp³-hybridized carbons (Fsp3) is 0.136. The van der Waals surface area contributed by atoms with E-state index in [4.69, 9.17) is 11.6 Å². The van der Waals surface area contributed by atoms with Crippen molar-refractivity contribution in [1.29, 1.82) is 0 Å². The summed E-state index contributed by atoms with van der Waals surface area (Å²) in [6.45, 7) is 3.81. The van der Waals surface area contributed by atoms with Gasteiger partial charge in [0.1, 0.15) is 5.41 Å². The van der Waals surface area contributed by atoms with Crippen molar-refractivity contribution in [2.75, 3.05) is 5.01 Å². The molecular formula is C22H17ClN2O2. The number of aryl methyl sites for hydroxylation is 1. The molecule has 27 heavy (non-hydrogen) atoms. The lowest BCUT2D eigenvalue weighted by Gasteiger charge is -2.30. The molecule has 4 rings (SSSR count). The van der Waals surface area contributed by atoms with Crippen LogP contribution in [0.4, 0.5) is 5.69 Å². The van der Waals surface area contributed by atoms with Gasteiger partial charge in [0, 0.05) is 5.02 Å². The molecule has 0 saturated carbocycles. The standard InChI is InChI=1S/C22H17ClN2O2/c1-14-3-5-16(6-4-14)20-13-19(26)11-12-22(20)15(2)24-25(21(22)27)18-9-7-17(23)8-10-18/h3-13H,1-2H3. The van der Waals surface area contributed by atoms with Gasteiger partial charge >= 0.3 is 0 Å². The Hall–Kier alpha value is -2.98. The van der Waals surface area contributed by atoms with Crippen LogP contribution < -0.4 is 5.01 Å². The summed E-state index contributed by atoms with van der Waals surface area (Å²) < 4.78 is 0. The fourth-order valence-corrected chi connectivity index (χ4v) is 3.63. The van der Waals surface area contributed by atoms with Crippen LogP contribution in [0.1, 0.15) is 18.1 Å². The van der Waals surface area contributed by atoms with E-state index in [1.54, 1.807) is 30.3 Å². The topological polar surface area (TPSA) is 49.7 Å². The largest absolute Gasteiger partial charge is 0.290 e. The number of carbonyl (C=O) groups is 2. The second-order valence-corrected chi connectivity index (χ2v) is 7.18. The molecule has 1 aliphatic heterocycles. The minimum Gasteiger partial charge on any atom is -0.290 e. The molecule has 0 aromatic heterocycles. The van der Waals surface area contributed by atoms with E-state index in [0.29, 0.717) is 22.0 Å². The number of rotatable bonds is 2. The molecule has 2 aromatic carbocycles. The molecule has 1 atom stereocenters. The Morgan fingerprint density at radius 1 is 0.963 bits per heavy atom. The van der Waals surface area contributed by atoms with E-state index in [9.17, 15) is 9.59 Å². The van der Waals surface area contributed by atoms with Crippen LogP contribution in [0, 0.1) is 12.3 Å². The third kappa shape index (κ3) is 2.73. The van der Waals surface area contributed by atoms with Crippen LogP contribution in [0.3, 0.4) is 0 Å². The first kappa shape index (κ1) is 17.4. The summed E-state index contributed by atoms with van der Waals surface area (Å²) in [4.78, 5) is 25.6. The van der Waals surface area contributed by atoms with Gasteiger partial charge in [-0.3, -0.25) is 9.59 Å². The van der Waals surface area contributed by atoms with Crippen LogP contribution in [0.2, 0.25) is 5.02 Å².